The Kier molecular flexibility index (Phi) is 4.84. The van der Waals surface area contributed by atoms with Gasteiger partial charge in [-0.2, -0.15) is 0 Å². The van der Waals surface area contributed by atoms with Gasteiger partial charge in [-0.3, -0.25) is 4.98 Å². The molecule has 1 saturated carbocycles. The van der Waals surface area contributed by atoms with Gasteiger partial charge in [-0.1, -0.05) is 0 Å². The third-order valence-electron chi connectivity index (χ3n) is 4.00. The molecule has 1 aromatic carbocycles. The number of nitrogens with zero attached hydrogens (tertiary/aromatic N) is 2. The number of aromatic nitrogens is 1. The van der Waals surface area contributed by atoms with Crippen LogP contribution in [0.4, 0.5) is 10.5 Å². The highest BCUT2D eigenvalue weighted by Crippen LogP contribution is 2.32. The Hall–Kier alpha value is -2.76. The highest BCUT2D eigenvalue weighted by atomic mass is 16.5. The van der Waals surface area contributed by atoms with Crippen LogP contribution in [0.5, 0.6) is 11.5 Å². The molecule has 0 aliphatic heterocycles. The third-order valence-corrected chi connectivity index (χ3v) is 4.00. The van der Waals surface area contributed by atoms with Gasteiger partial charge in [0.15, 0.2) is 0 Å². The lowest BCUT2D eigenvalue weighted by molar-refractivity contribution is 0.206. The van der Waals surface area contributed by atoms with Crippen LogP contribution in [0.3, 0.4) is 0 Å². The summed E-state index contributed by atoms with van der Waals surface area (Å²) >= 11 is 0. The summed E-state index contributed by atoms with van der Waals surface area (Å²) in [7, 11) is 3.17. The summed E-state index contributed by atoms with van der Waals surface area (Å²) in [6.07, 6.45) is 5.55. The topological polar surface area (TPSA) is 63.7 Å². The fourth-order valence-electron chi connectivity index (χ4n) is 2.54. The lowest BCUT2D eigenvalue weighted by Gasteiger charge is -2.23. The van der Waals surface area contributed by atoms with E-state index in [-0.39, 0.29) is 12.1 Å². The van der Waals surface area contributed by atoms with Crippen LogP contribution in [0.25, 0.3) is 0 Å². The predicted octanol–water partition coefficient (Wildman–Crippen LogP) is 3.30. The fraction of sp³-hybridized carbons (Fsp3) is 0.333. The minimum Gasteiger partial charge on any atom is -0.497 e. The van der Waals surface area contributed by atoms with Crippen molar-refractivity contribution in [2.45, 2.75) is 25.4 Å². The van der Waals surface area contributed by atoms with E-state index in [9.17, 15) is 4.79 Å². The summed E-state index contributed by atoms with van der Waals surface area (Å²) in [5.41, 5.74) is 1.66. The third kappa shape index (κ3) is 3.76. The number of urea groups is 1. The molecule has 24 heavy (non-hydrogen) atoms. The first kappa shape index (κ1) is 16.1. The molecule has 1 heterocycles. The first-order valence-electron chi connectivity index (χ1n) is 7.90. The Morgan fingerprint density at radius 2 is 1.96 bits per heavy atom. The summed E-state index contributed by atoms with van der Waals surface area (Å²) in [6, 6.07) is 9.33. The van der Waals surface area contributed by atoms with E-state index in [1.165, 1.54) is 0 Å². The molecular formula is C18H21N3O3. The molecule has 126 valence electrons. The van der Waals surface area contributed by atoms with E-state index in [1.807, 2.05) is 17.0 Å². The predicted molar refractivity (Wildman–Crippen MR) is 91.4 cm³/mol. The molecule has 0 spiro atoms. The van der Waals surface area contributed by atoms with Gasteiger partial charge in [-0.05, 0) is 42.7 Å². The van der Waals surface area contributed by atoms with Crippen molar-refractivity contribution in [2.75, 3.05) is 19.5 Å². The number of nitrogens with one attached hydrogen (secondary N) is 1. The molecule has 6 heteroatoms. The van der Waals surface area contributed by atoms with E-state index >= 15 is 0 Å². The number of methoxy groups -OCH3 is 2. The Balaban J connectivity index is 1.76. The number of benzene rings is 1. The molecule has 6 nitrogen and oxygen atoms in total. The van der Waals surface area contributed by atoms with E-state index in [2.05, 4.69) is 10.3 Å². The molecule has 2 amide bonds. The quantitative estimate of drug-likeness (QED) is 0.884. The molecule has 1 N–H and O–H groups in total. The zero-order valence-electron chi connectivity index (χ0n) is 13.9. The van der Waals surface area contributed by atoms with Gasteiger partial charge in [0.25, 0.3) is 0 Å². The van der Waals surface area contributed by atoms with Crippen molar-refractivity contribution in [1.29, 1.82) is 0 Å². The molecule has 0 radical (unpaired) electrons. The van der Waals surface area contributed by atoms with Gasteiger partial charge >= 0.3 is 6.03 Å². The summed E-state index contributed by atoms with van der Waals surface area (Å²) in [6.45, 7) is 0.561. The number of carbonyl (C=O) groups excluding carboxylic acids is 1. The number of hydrogen-bond donors (Lipinski definition) is 1. The van der Waals surface area contributed by atoms with Crippen molar-refractivity contribution in [2.24, 2.45) is 0 Å². The lowest BCUT2D eigenvalue weighted by Crippen LogP contribution is -2.36. The number of pyridine rings is 1. The average molecular weight is 327 g/mol. The van der Waals surface area contributed by atoms with Crippen LogP contribution in [-0.2, 0) is 6.54 Å². The van der Waals surface area contributed by atoms with E-state index in [1.54, 1.807) is 44.8 Å². The smallest absolute Gasteiger partial charge is 0.322 e. The van der Waals surface area contributed by atoms with Crippen LogP contribution in [-0.4, -0.2) is 36.2 Å². The normalized spacial score (nSPS) is 13.2. The molecular weight excluding hydrogens is 306 g/mol. The van der Waals surface area contributed by atoms with Crippen molar-refractivity contribution >= 4 is 11.7 Å². The first-order valence-corrected chi connectivity index (χ1v) is 7.90. The highest BCUT2D eigenvalue weighted by molar-refractivity contribution is 5.91. The van der Waals surface area contributed by atoms with Gasteiger partial charge in [0, 0.05) is 31.0 Å². The molecule has 3 rings (SSSR count). The SMILES string of the molecule is COc1ccc(OC)c(NC(=O)N(Cc2ccncc2)C2CC2)c1. The van der Waals surface area contributed by atoms with Crippen molar-refractivity contribution in [3.05, 3.63) is 48.3 Å². The number of rotatable bonds is 6. The van der Waals surface area contributed by atoms with Gasteiger partial charge in [0.1, 0.15) is 11.5 Å². The first-order chi connectivity index (χ1) is 11.7. The highest BCUT2D eigenvalue weighted by Gasteiger charge is 2.33. The second-order valence-electron chi connectivity index (χ2n) is 5.71. The van der Waals surface area contributed by atoms with Crippen LogP contribution >= 0.6 is 0 Å². The molecule has 0 atom stereocenters. The van der Waals surface area contributed by atoms with Crippen molar-refractivity contribution in [3.63, 3.8) is 0 Å². The molecule has 0 saturated heterocycles. The summed E-state index contributed by atoms with van der Waals surface area (Å²) < 4.78 is 10.5. The monoisotopic (exact) mass is 327 g/mol. The molecule has 1 aromatic heterocycles. The number of amides is 2. The van der Waals surface area contributed by atoms with E-state index < -0.39 is 0 Å². The molecule has 1 fully saturated rings. The van der Waals surface area contributed by atoms with Crippen LogP contribution in [0, 0.1) is 0 Å². The van der Waals surface area contributed by atoms with Crippen LogP contribution < -0.4 is 14.8 Å². The Morgan fingerprint density at radius 3 is 2.58 bits per heavy atom. The van der Waals surface area contributed by atoms with Gasteiger partial charge in [0.05, 0.1) is 19.9 Å². The Bertz CT molecular complexity index is 702. The van der Waals surface area contributed by atoms with Gasteiger partial charge in [0.2, 0.25) is 0 Å². The van der Waals surface area contributed by atoms with Gasteiger partial charge in [-0.15, -0.1) is 0 Å². The summed E-state index contributed by atoms with van der Waals surface area (Å²) in [5, 5.41) is 2.94. The average Bonchev–Trinajstić information content (AvgIpc) is 3.45. The van der Waals surface area contributed by atoms with E-state index in [4.69, 9.17) is 9.47 Å². The van der Waals surface area contributed by atoms with Crippen molar-refractivity contribution < 1.29 is 14.3 Å². The summed E-state index contributed by atoms with van der Waals surface area (Å²) in [5.74, 6) is 1.27. The number of carbonyl (C=O) groups is 1. The van der Waals surface area contributed by atoms with Gasteiger partial charge in [-0.25, -0.2) is 4.79 Å². The Morgan fingerprint density at radius 1 is 1.21 bits per heavy atom. The number of anilines is 1. The maximum atomic E-state index is 12.8. The lowest BCUT2D eigenvalue weighted by atomic mass is 10.2. The van der Waals surface area contributed by atoms with Crippen LogP contribution in [0.1, 0.15) is 18.4 Å². The fourth-order valence-corrected chi connectivity index (χ4v) is 2.54. The maximum Gasteiger partial charge on any atom is 0.322 e. The second kappa shape index (κ2) is 7.21. The van der Waals surface area contributed by atoms with Gasteiger partial charge < -0.3 is 19.7 Å². The molecule has 2 aromatic rings. The maximum absolute atomic E-state index is 12.8. The van der Waals surface area contributed by atoms with E-state index in [0.29, 0.717) is 23.7 Å². The van der Waals surface area contributed by atoms with Crippen LogP contribution in [0.2, 0.25) is 0 Å². The minimum absolute atomic E-state index is 0.138. The zero-order chi connectivity index (χ0) is 16.9. The Labute approximate surface area is 141 Å². The largest absolute Gasteiger partial charge is 0.497 e. The summed E-state index contributed by atoms with van der Waals surface area (Å²) in [4.78, 5) is 18.6. The van der Waals surface area contributed by atoms with Crippen LogP contribution in [0.15, 0.2) is 42.7 Å². The molecule has 0 bridgehead atoms. The number of ether oxygens (including phenoxy) is 2. The second-order valence-corrected chi connectivity index (χ2v) is 5.71. The minimum atomic E-state index is -0.138. The molecule has 1 aliphatic carbocycles. The standard InChI is InChI=1S/C18H21N3O3/c1-23-15-5-6-17(24-2)16(11-15)20-18(22)21(14-3-4-14)12-13-7-9-19-10-8-13/h5-11,14H,3-4,12H2,1-2H3,(H,20,22). The van der Waals surface area contributed by atoms with Crippen molar-refractivity contribution in [3.8, 4) is 11.5 Å². The van der Waals surface area contributed by atoms with Crippen molar-refractivity contribution in [1.82, 2.24) is 9.88 Å². The molecule has 0 unspecified atom stereocenters. The molecule has 1 aliphatic rings. The number of hydrogen-bond acceptors (Lipinski definition) is 4. The zero-order valence-corrected chi connectivity index (χ0v) is 13.9. The van der Waals surface area contributed by atoms with E-state index in [0.717, 1.165) is 18.4 Å².